The Hall–Kier alpha value is -2.96. The molecular weight excluding hydrogens is 334 g/mol. The van der Waals surface area contributed by atoms with Gasteiger partial charge in [-0.25, -0.2) is 4.98 Å². The molecule has 7 nitrogen and oxygen atoms in total. The molecule has 1 aliphatic rings. The quantitative estimate of drug-likeness (QED) is 0.857. The number of rotatable bonds is 6. The zero-order chi connectivity index (χ0) is 18.5. The first-order valence-corrected chi connectivity index (χ1v) is 8.48. The molecule has 1 fully saturated rings. The van der Waals surface area contributed by atoms with E-state index in [0.717, 1.165) is 18.8 Å². The maximum absolute atomic E-state index is 12.5. The Morgan fingerprint density at radius 3 is 2.19 bits per heavy atom. The monoisotopic (exact) mass is 357 g/mol. The largest absolute Gasteiger partial charge is 0.493 e. The molecule has 0 unspecified atom stereocenters. The van der Waals surface area contributed by atoms with Crippen LogP contribution >= 0.6 is 0 Å². The van der Waals surface area contributed by atoms with E-state index in [9.17, 15) is 4.79 Å². The molecule has 1 saturated heterocycles. The van der Waals surface area contributed by atoms with Gasteiger partial charge in [0.2, 0.25) is 5.75 Å². The van der Waals surface area contributed by atoms with Crippen LogP contribution in [0.3, 0.4) is 0 Å². The molecule has 138 valence electrons. The van der Waals surface area contributed by atoms with E-state index in [1.165, 1.54) is 34.2 Å². The number of aromatic nitrogens is 1. The van der Waals surface area contributed by atoms with Crippen LogP contribution in [-0.2, 0) is 0 Å². The van der Waals surface area contributed by atoms with E-state index in [2.05, 4.69) is 15.2 Å². The van der Waals surface area contributed by atoms with Crippen LogP contribution in [0.4, 0.5) is 11.4 Å². The first-order valence-electron chi connectivity index (χ1n) is 8.48. The Bertz CT molecular complexity index is 746. The number of carbonyl (C=O) groups excluding carboxylic acids is 1. The summed E-state index contributed by atoms with van der Waals surface area (Å²) in [6.07, 6.45) is 4.14. The predicted molar refractivity (Wildman–Crippen MR) is 99.7 cm³/mol. The summed E-state index contributed by atoms with van der Waals surface area (Å²) >= 11 is 0. The van der Waals surface area contributed by atoms with Gasteiger partial charge in [0.15, 0.2) is 11.5 Å². The van der Waals surface area contributed by atoms with Gasteiger partial charge in [-0.05, 0) is 25.0 Å². The van der Waals surface area contributed by atoms with Gasteiger partial charge in [-0.15, -0.1) is 0 Å². The zero-order valence-corrected chi connectivity index (χ0v) is 15.2. The molecule has 1 aromatic heterocycles. The first-order chi connectivity index (χ1) is 12.7. The molecular formula is C19H23N3O4. The normalized spacial score (nSPS) is 13.4. The number of hydrogen-bond acceptors (Lipinski definition) is 6. The highest BCUT2D eigenvalue weighted by molar-refractivity contribution is 6.03. The summed E-state index contributed by atoms with van der Waals surface area (Å²) in [6.45, 7) is 2.08. The molecule has 0 atom stereocenters. The molecule has 1 amide bonds. The van der Waals surface area contributed by atoms with Crippen molar-refractivity contribution in [2.75, 3.05) is 44.6 Å². The SMILES string of the molecule is COc1cc(NC(=O)c2ccc(N3CCCC3)cn2)cc(OC)c1OC. The molecule has 2 heterocycles. The van der Waals surface area contributed by atoms with Gasteiger partial charge in [-0.2, -0.15) is 0 Å². The maximum atomic E-state index is 12.5. The molecule has 1 aromatic carbocycles. The number of nitrogens with one attached hydrogen (secondary N) is 1. The van der Waals surface area contributed by atoms with E-state index in [-0.39, 0.29) is 5.91 Å². The number of amides is 1. The van der Waals surface area contributed by atoms with Crippen molar-refractivity contribution >= 4 is 17.3 Å². The molecule has 1 N–H and O–H groups in total. The smallest absolute Gasteiger partial charge is 0.274 e. The van der Waals surface area contributed by atoms with Gasteiger partial charge in [0.05, 0.1) is 33.2 Å². The Balaban J connectivity index is 1.77. The van der Waals surface area contributed by atoms with Crippen molar-refractivity contribution in [2.24, 2.45) is 0 Å². The molecule has 0 spiro atoms. The lowest BCUT2D eigenvalue weighted by Gasteiger charge is -2.17. The Morgan fingerprint density at radius 2 is 1.69 bits per heavy atom. The summed E-state index contributed by atoms with van der Waals surface area (Å²) < 4.78 is 15.9. The number of methoxy groups -OCH3 is 3. The summed E-state index contributed by atoms with van der Waals surface area (Å²) in [6, 6.07) is 7.03. The fraction of sp³-hybridized carbons (Fsp3) is 0.368. The number of anilines is 2. The van der Waals surface area contributed by atoms with Gasteiger partial charge in [-0.3, -0.25) is 4.79 Å². The third-order valence-electron chi connectivity index (χ3n) is 4.37. The summed E-state index contributed by atoms with van der Waals surface area (Å²) in [5.74, 6) is 1.12. The topological polar surface area (TPSA) is 72.9 Å². The van der Waals surface area contributed by atoms with Crippen molar-refractivity contribution in [1.82, 2.24) is 4.98 Å². The highest BCUT2D eigenvalue weighted by atomic mass is 16.5. The number of benzene rings is 1. The Labute approximate surface area is 152 Å². The average Bonchev–Trinajstić information content (AvgIpc) is 3.22. The van der Waals surface area contributed by atoms with Gasteiger partial charge in [0, 0.05) is 30.9 Å². The van der Waals surface area contributed by atoms with Gasteiger partial charge in [0.1, 0.15) is 5.69 Å². The highest BCUT2D eigenvalue weighted by Gasteiger charge is 2.17. The van der Waals surface area contributed by atoms with Crippen molar-refractivity contribution in [2.45, 2.75) is 12.8 Å². The van der Waals surface area contributed by atoms with Gasteiger partial charge in [-0.1, -0.05) is 0 Å². The van der Waals surface area contributed by atoms with Gasteiger partial charge < -0.3 is 24.4 Å². The van der Waals surface area contributed by atoms with Gasteiger partial charge >= 0.3 is 0 Å². The van der Waals surface area contributed by atoms with E-state index in [1.807, 2.05) is 6.07 Å². The second kappa shape index (κ2) is 7.95. The van der Waals surface area contributed by atoms with E-state index < -0.39 is 0 Å². The maximum Gasteiger partial charge on any atom is 0.274 e. The number of hydrogen-bond donors (Lipinski definition) is 1. The summed E-state index contributed by atoms with van der Waals surface area (Å²) in [7, 11) is 4.59. The number of ether oxygens (including phenoxy) is 3. The zero-order valence-electron chi connectivity index (χ0n) is 15.2. The minimum Gasteiger partial charge on any atom is -0.493 e. The van der Waals surface area contributed by atoms with Crippen LogP contribution in [-0.4, -0.2) is 45.3 Å². The predicted octanol–water partition coefficient (Wildman–Crippen LogP) is 2.96. The molecule has 7 heteroatoms. The molecule has 0 aliphatic carbocycles. The Morgan fingerprint density at radius 1 is 1.04 bits per heavy atom. The van der Waals surface area contributed by atoms with Crippen LogP contribution in [0.1, 0.15) is 23.3 Å². The van der Waals surface area contributed by atoms with Crippen LogP contribution in [0.25, 0.3) is 0 Å². The lowest BCUT2D eigenvalue weighted by molar-refractivity contribution is 0.102. The van der Waals surface area contributed by atoms with Crippen molar-refractivity contribution in [3.63, 3.8) is 0 Å². The Kier molecular flexibility index (Phi) is 5.46. The molecule has 0 bridgehead atoms. The van der Waals surface area contributed by atoms with E-state index in [4.69, 9.17) is 14.2 Å². The van der Waals surface area contributed by atoms with Crippen LogP contribution in [0.5, 0.6) is 17.2 Å². The molecule has 2 aromatic rings. The highest BCUT2D eigenvalue weighted by Crippen LogP contribution is 2.40. The lowest BCUT2D eigenvalue weighted by Crippen LogP contribution is -2.19. The molecule has 0 radical (unpaired) electrons. The van der Waals surface area contributed by atoms with Crippen molar-refractivity contribution in [3.8, 4) is 17.2 Å². The second-order valence-corrected chi connectivity index (χ2v) is 5.96. The third-order valence-corrected chi connectivity index (χ3v) is 4.37. The molecule has 0 saturated carbocycles. The fourth-order valence-electron chi connectivity index (χ4n) is 3.03. The number of carbonyl (C=O) groups is 1. The fourth-order valence-corrected chi connectivity index (χ4v) is 3.03. The molecule has 1 aliphatic heterocycles. The van der Waals surface area contributed by atoms with Crippen molar-refractivity contribution in [3.05, 3.63) is 36.2 Å². The van der Waals surface area contributed by atoms with E-state index >= 15 is 0 Å². The number of nitrogens with zero attached hydrogens (tertiary/aromatic N) is 2. The number of pyridine rings is 1. The van der Waals surface area contributed by atoms with Crippen molar-refractivity contribution < 1.29 is 19.0 Å². The molecule has 3 rings (SSSR count). The standard InChI is InChI=1S/C19H23N3O4/c1-24-16-10-13(11-17(25-2)18(16)26-3)21-19(23)15-7-6-14(12-20-15)22-8-4-5-9-22/h6-7,10-12H,4-5,8-9H2,1-3H3,(H,21,23). The van der Waals surface area contributed by atoms with Crippen molar-refractivity contribution in [1.29, 1.82) is 0 Å². The van der Waals surface area contributed by atoms with Gasteiger partial charge in [0.25, 0.3) is 5.91 Å². The summed E-state index contributed by atoms with van der Waals surface area (Å²) in [5, 5.41) is 2.82. The average molecular weight is 357 g/mol. The molecule has 26 heavy (non-hydrogen) atoms. The van der Waals surface area contributed by atoms with E-state index in [1.54, 1.807) is 24.4 Å². The van der Waals surface area contributed by atoms with Crippen LogP contribution in [0.2, 0.25) is 0 Å². The van der Waals surface area contributed by atoms with Crippen LogP contribution in [0, 0.1) is 0 Å². The summed E-state index contributed by atoms with van der Waals surface area (Å²) in [5.41, 5.74) is 1.93. The van der Waals surface area contributed by atoms with Crippen LogP contribution in [0.15, 0.2) is 30.5 Å². The first kappa shape index (κ1) is 17.8. The second-order valence-electron chi connectivity index (χ2n) is 5.96. The minimum absolute atomic E-state index is 0.299. The third kappa shape index (κ3) is 3.66. The van der Waals surface area contributed by atoms with E-state index in [0.29, 0.717) is 28.6 Å². The minimum atomic E-state index is -0.299. The summed E-state index contributed by atoms with van der Waals surface area (Å²) in [4.78, 5) is 19.1. The van der Waals surface area contributed by atoms with Crippen LogP contribution < -0.4 is 24.4 Å². The lowest BCUT2D eigenvalue weighted by atomic mass is 10.2.